The van der Waals surface area contributed by atoms with Gasteiger partial charge in [0.25, 0.3) is 11.8 Å². The Morgan fingerprint density at radius 2 is 1.93 bits per heavy atom. The number of amides is 2. The molecule has 1 unspecified atom stereocenters. The van der Waals surface area contributed by atoms with Crippen molar-refractivity contribution >= 4 is 34.1 Å². The summed E-state index contributed by atoms with van der Waals surface area (Å²) in [5.41, 5.74) is 3.58. The lowest BCUT2D eigenvalue weighted by molar-refractivity contribution is -0.120. The first-order chi connectivity index (χ1) is 13.5. The van der Waals surface area contributed by atoms with Crippen molar-refractivity contribution in [3.63, 3.8) is 0 Å². The van der Waals surface area contributed by atoms with Gasteiger partial charge in [-0.25, -0.2) is 5.48 Å². The highest BCUT2D eigenvalue weighted by Gasteiger charge is 2.43. The summed E-state index contributed by atoms with van der Waals surface area (Å²) in [5.74, 6) is -0.605. The van der Waals surface area contributed by atoms with E-state index in [4.69, 9.17) is 5.21 Å². The van der Waals surface area contributed by atoms with Gasteiger partial charge in [0.15, 0.2) is 0 Å². The lowest BCUT2D eigenvalue weighted by Crippen LogP contribution is -2.44. The molecular weight excluding hydrogens is 356 g/mol. The first kappa shape index (κ1) is 17.9. The molecule has 2 aromatic carbocycles. The molecular formula is C21H20N4O3. The van der Waals surface area contributed by atoms with Crippen molar-refractivity contribution in [2.75, 3.05) is 16.8 Å². The van der Waals surface area contributed by atoms with Gasteiger partial charge in [0.1, 0.15) is 5.54 Å². The molecule has 3 aromatic rings. The van der Waals surface area contributed by atoms with E-state index in [1.165, 1.54) is 0 Å². The Labute approximate surface area is 162 Å². The third-order valence-corrected chi connectivity index (χ3v) is 5.11. The summed E-state index contributed by atoms with van der Waals surface area (Å²) in [6.07, 6.45) is 2.37. The van der Waals surface area contributed by atoms with Crippen LogP contribution in [-0.4, -0.2) is 34.1 Å². The van der Waals surface area contributed by atoms with Crippen LogP contribution in [0.2, 0.25) is 0 Å². The third-order valence-electron chi connectivity index (χ3n) is 5.11. The fraction of sp³-hybridized carbons (Fsp3) is 0.190. The molecule has 1 aliphatic rings. The number of nitrogens with zero attached hydrogens (tertiary/aromatic N) is 2. The van der Waals surface area contributed by atoms with Crippen LogP contribution in [0.4, 0.5) is 11.4 Å². The standard InChI is InChI=1S/C21H20N4O3/c1-21(23-16-8-6-14(7-9-16)19(26)24-28)10-11-25(20(21)27)17-12-15-4-2-3-5-18(15)22-13-17/h2-9,12-13,23,28H,10-11H2,1H3,(H,24,26). The normalized spacial score (nSPS) is 19.1. The van der Waals surface area contributed by atoms with Gasteiger partial charge in [0.2, 0.25) is 0 Å². The highest BCUT2D eigenvalue weighted by atomic mass is 16.5. The van der Waals surface area contributed by atoms with Crippen molar-refractivity contribution in [2.24, 2.45) is 0 Å². The first-order valence-corrected chi connectivity index (χ1v) is 9.00. The number of rotatable bonds is 4. The third kappa shape index (κ3) is 3.16. The van der Waals surface area contributed by atoms with E-state index in [-0.39, 0.29) is 5.91 Å². The Morgan fingerprint density at radius 3 is 2.68 bits per heavy atom. The van der Waals surface area contributed by atoms with E-state index in [1.807, 2.05) is 37.3 Å². The number of carbonyl (C=O) groups excluding carboxylic acids is 2. The molecule has 0 radical (unpaired) electrons. The van der Waals surface area contributed by atoms with Crippen LogP contribution in [0.1, 0.15) is 23.7 Å². The van der Waals surface area contributed by atoms with Crippen molar-refractivity contribution in [1.82, 2.24) is 10.5 Å². The average Bonchev–Trinajstić information content (AvgIpc) is 3.02. The van der Waals surface area contributed by atoms with E-state index in [9.17, 15) is 9.59 Å². The van der Waals surface area contributed by atoms with E-state index in [1.54, 1.807) is 40.8 Å². The molecule has 1 aliphatic heterocycles. The fourth-order valence-electron chi connectivity index (χ4n) is 3.50. The Kier molecular flexibility index (Phi) is 4.44. The second kappa shape index (κ2) is 6.94. The minimum Gasteiger partial charge on any atom is -0.371 e. The lowest BCUT2D eigenvalue weighted by Gasteiger charge is -2.26. The summed E-state index contributed by atoms with van der Waals surface area (Å²) in [7, 11) is 0. The second-order valence-electron chi connectivity index (χ2n) is 7.07. The SMILES string of the molecule is CC1(Nc2ccc(C(=O)NO)cc2)CCN(c2cnc3ccccc3c2)C1=O. The fourth-order valence-corrected chi connectivity index (χ4v) is 3.50. The van der Waals surface area contributed by atoms with Crippen LogP contribution in [0.3, 0.4) is 0 Å². The Morgan fingerprint density at radius 1 is 1.18 bits per heavy atom. The zero-order chi connectivity index (χ0) is 19.7. The van der Waals surface area contributed by atoms with Crippen LogP contribution in [0, 0.1) is 0 Å². The maximum absolute atomic E-state index is 13.1. The van der Waals surface area contributed by atoms with Crippen LogP contribution in [0.25, 0.3) is 10.9 Å². The number of benzene rings is 2. The Balaban J connectivity index is 1.54. The van der Waals surface area contributed by atoms with Crippen LogP contribution in [0.5, 0.6) is 0 Å². The average molecular weight is 376 g/mol. The molecule has 1 aromatic heterocycles. The Hall–Kier alpha value is -3.45. The number of pyridine rings is 1. The molecule has 1 atom stereocenters. The molecule has 0 saturated carbocycles. The number of anilines is 2. The minimum absolute atomic E-state index is 0.0261. The summed E-state index contributed by atoms with van der Waals surface area (Å²) in [6, 6.07) is 16.4. The summed E-state index contributed by atoms with van der Waals surface area (Å²) < 4.78 is 0. The maximum Gasteiger partial charge on any atom is 0.274 e. The zero-order valence-corrected chi connectivity index (χ0v) is 15.3. The second-order valence-corrected chi connectivity index (χ2v) is 7.07. The van der Waals surface area contributed by atoms with Crippen molar-refractivity contribution in [3.8, 4) is 0 Å². The highest BCUT2D eigenvalue weighted by molar-refractivity contribution is 6.05. The molecule has 28 heavy (non-hydrogen) atoms. The monoisotopic (exact) mass is 376 g/mol. The van der Waals surface area contributed by atoms with Crippen LogP contribution < -0.4 is 15.7 Å². The van der Waals surface area contributed by atoms with Gasteiger partial charge in [-0.15, -0.1) is 0 Å². The van der Waals surface area contributed by atoms with E-state index in [0.717, 1.165) is 22.3 Å². The van der Waals surface area contributed by atoms with E-state index < -0.39 is 11.4 Å². The predicted molar refractivity (Wildman–Crippen MR) is 106 cm³/mol. The van der Waals surface area contributed by atoms with Gasteiger partial charge in [0.05, 0.1) is 17.4 Å². The lowest BCUT2D eigenvalue weighted by atomic mass is 10.00. The van der Waals surface area contributed by atoms with Gasteiger partial charge >= 0.3 is 0 Å². The number of hydroxylamine groups is 1. The highest BCUT2D eigenvalue weighted by Crippen LogP contribution is 2.32. The summed E-state index contributed by atoms with van der Waals surface area (Å²) in [6.45, 7) is 2.46. The molecule has 0 spiro atoms. The molecule has 1 saturated heterocycles. The van der Waals surface area contributed by atoms with Crippen LogP contribution in [0.15, 0.2) is 60.8 Å². The van der Waals surface area contributed by atoms with Crippen LogP contribution in [-0.2, 0) is 4.79 Å². The maximum atomic E-state index is 13.1. The van der Waals surface area contributed by atoms with Crippen molar-refractivity contribution in [1.29, 1.82) is 0 Å². The van der Waals surface area contributed by atoms with Gasteiger partial charge in [-0.3, -0.25) is 19.8 Å². The number of hydrogen-bond donors (Lipinski definition) is 3. The van der Waals surface area contributed by atoms with Crippen molar-refractivity contribution < 1.29 is 14.8 Å². The molecule has 0 aliphatic carbocycles. The molecule has 0 bridgehead atoms. The first-order valence-electron chi connectivity index (χ1n) is 9.00. The van der Waals surface area contributed by atoms with Crippen LogP contribution >= 0.6 is 0 Å². The largest absolute Gasteiger partial charge is 0.371 e. The molecule has 1 fully saturated rings. The van der Waals surface area contributed by atoms with Crippen molar-refractivity contribution in [2.45, 2.75) is 18.9 Å². The van der Waals surface area contributed by atoms with Gasteiger partial charge in [-0.1, -0.05) is 18.2 Å². The van der Waals surface area contributed by atoms with E-state index in [2.05, 4.69) is 10.3 Å². The molecule has 142 valence electrons. The number of fused-ring (bicyclic) bond motifs is 1. The minimum atomic E-state index is -0.758. The van der Waals surface area contributed by atoms with Crippen molar-refractivity contribution in [3.05, 3.63) is 66.4 Å². The smallest absolute Gasteiger partial charge is 0.274 e. The summed E-state index contributed by atoms with van der Waals surface area (Å²) in [5, 5.41) is 13.0. The topological polar surface area (TPSA) is 94.6 Å². The van der Waals surface area contributed by atoms with E-state index >= 15 is 0 Å². The quantitative estimate of drug-likeness (QED) is 0.481. The summed E-state index contributed by atoms with van der Waals surface area (Å²) >= 11 is 0. The number of hydrogen-bond acceptors (Lipinski definition) is 5. The molecule has 7 nitrogen and oxygen atoms in total. The number of carbonyl (C=O) groups is 2. The molecule has 7 heteroatoms. The number of para-hydroxylation sites is 1. The van der Waals surface area contributed by atoms with Gasteiger partial charge < -0.3 is 10.2 Å². The zero-order valence-electron chi connectivity index (χ0n) is 15.3. The molecule has 4 rings (SSSR count). The van der Waals surface area contributed by atoms with E-state index in [0.29, 0.717) is 18.5 Å². The summed E-state index contributed by atoms with van der Waals surface area (Å²) in [4.78, 5) is 30.8. The Bertz CT molecular complexity index is 1050. The molecule has 3 N–H and O–H groups in total. The van der Waals surface area contributed by atoms with Gasteiger partial charge in [-0.2, -0.15) is 0 Å². The molecule has 2 amide bonds. The van der Waals surface area contributed by atoms with Gasteiger partial charge in [0, 0.05) is 23.2 Å². The number of aromatic nitrogens is 1. The number of nitrogens with one attached hydrogen (secondary N) is 2. The van der Waals surface area contributed by atoms with Gasteiger partial charge in [-0.05, 0) is 49.7 Å². The predicted octanol–water partition coefficient (Wildman–Crippen LogP) is 2.96. The molecule has 2 heterocycles.